The second-order valence-corrected chi connectivity index (χ2v) is 3.10. The lowest BCUT2D eigenvalue weighted by atomic mass is 10.2. The average Bonchev–Trinajstić information content (AvgIpc) is 2.49. The molecule has 0 aliphatic heterocycles. The van der Waals surface area contributed by atoms with Crippen molar-refractivity contribution < 1.29 is 0 Å². The lowest BCUT2D eigenvalue weighted by molar-refractivity contribution is 0.677. The molecule has 12 heavy (non-hydrogen) atoms. The highest BCUT2D eigenvalue weighted by atomic mass is 14.6. The molecule has 0 fully saturated rings. The van der Waals surface area contributed by atoms with Crippen molar-refractivity contribution in [3.05, 3.63) is 30.1 Å². The molecule has 0 saturated heterocycles. The van der Waals surface area contributed by atoms with Gasteiger partial charge < -0.3 is 10.7 Å². The van der Waals surface area contributed by atoms with E-state index in [1.807, 2.05) is 25.4 Å². The Morgan fingerprint density at radius 2 is 2.50 bits per heavy atom. The molecule has 0 bridgehead atoms. The summed E-state index contributed by atoms with van der Waals surface area (Å²) in [5.74, 6) is 0. The highest BCUT2D eigenvalue weighted by molar-refractivity contribution is 5.47. The molecule has 3 N–H and O–H groups in total. The van der Waals surface area contributed by atoms with Crippen LogP contribution in [0.15, 0.2) is 24.5 Å². The fourth-order valence-electron chi connectivity index (χ4n) is 1.02. The minimum absolute atomic E-state index is 0.306. The van der Waals surface area contributed by atoms with Gasteiger partial charge in [-0.3, -0.25) is 0 Å². The first-order valence-corrected chi connectivity index (χ1v) is 4.34. The molecular formula is C10H16N2. The predicted molar refractivity (Wildman–Crippen MR) is 52.7 cm³/mol. The predicted octanol–water partition coefficient (Wildman–Crippen LogP) is 2.16. The Kier molecular flexibility index (Phi) is 3.61. The van der Waals surface area contributed by atoms with Gasteiger partial charge in [0.05, 0.1) is 0 Å². The van der Waals surface area contributed by atoms with E-state index < -0.39 is 0 Å². The van der Waals surface area contributed by atoms with Gasteiger partial charge in [-0.25, -0.2) is 0 Å². The van der Waals surface area contributed by atoms with Crippen molar-refractivity contribution in [3.63, 3.8) is 0 Å². The number of allylic oxidation sites excluding steroid dienone is 1. The number of hydrogen-bond acceptors (Lipinski definition) is 1. The van der Waals surface area contributed by atoms with Crippen LogP contribution in [0, 0.1) is 0 Å². The first kappa shape index (κ1) is 9.07. The summed E-state index contributed by atoms with van der Waals surface area (Å²) in [7, 11) is 0. The van der Waals surface area contributed by atoms with Gasteiger partial charge >= 0.3 is 0 Å². The number of aromatic amines is 1. The molecule has 0 radical (unpaired) electrons. The van der Waals surface area contributed by atoms with Crippen LogP contribution in [0.1, 0.15) is 25.3 Å². The third-order valence-corrected chi connectivity index (χ3v) is 1.72. The monoisotopic (exact) mass is 164 g/mol. The van der Waals surface area contributed by atoms with Crippen LogP contribution in [-0.4, -0.2) is 11.0 Å². The molecule has 66 valence electrons. The smallest absolute Gasteiger partial charge is 0.00779 e. The molecule has 0 amide bonds. The topological polar surface area (TPSA) is 41.8 Å². The molecule has 1 unspecified atom stereocenters. The van der Waals surface area contributed by atoms with Gasteiger partial charge in [0.15, 0.2) is 0 Å². The van der Waals surface area contributed by atoms with Crippen LogP contribution >= 0.6 is 0 Å². The van der Waals surface area contributed by atoms with Crippen molar-refractivity contribution in [2.24, 2.45) is 5.73 Å². The highest BCUT2D eigenvalue weighted by Gasteiger charge is 1.89. The fourth-order valence-corrected chi connectivity index (χ4v) is 1.02. The SMILES string of the molecule is CC(N)CC/C=C/c1cc[nH]c1. The summed E-state index contributed by atoms with van der Waals surface area (Å²) >= 11 is 0. The molecule has 2 nitrogen and oxygen atoms in total. The van der Waals surface area contributed by atoms with E-state index in [0.717, 1.165) is 12.8 Å². The standard InChI is InChI=1S/C10H16N2/c1-9(11)4-2-3-5-10-6-7-12-8-10/h3,5-9,12H,2,4,11H2,1H3/b5-3+. The van der Waals surface area contributed by atoms with E-state index in [9.17, 15) is 0 Å². The summed E-state index contributed by atoms with van der Waals surface area (Å²) in [6.45, 7) is 2.03. The second kappa shape index (κ2) is 4.78. The lowest BCUT2D eigenvalue weighted by Crippen LogP contribution is -2.13. The maximum Gasteiger partial charge on any atom is 0.00779 e. The molecule has 0 aliphatic rings. The van der Waals surface area contributed by atoms with E-state index in [0.29, 0.717) is 6.04 Å². The summed E-state index contributed by atoms with van der Waals surface area (Å²) in [6, 6.07) is 2.35. The third-order valence-electron chi connectivity index (χ3n) is 1.72. The molecule has 1 heterocycles. The normalized spacial score (nSPS) is 13.8. The minimum Gasteiger partial charge on any atom is -0.367 e. The van der Waals surface area contributed by atoms with Gasteiger partial charge in [0, 0.05) is 18.4 Å². The van der Waals surface area contributed by atoms with Gasteiger partial charge in [-0.1, -0.05) is 12.2 Å². The minimum atomic E-state index is 0.306. The number of rotatable bonds is 4. The molecule has 1 aromatic heterocycles. The van der Waals surface area contributed by atoms with Crippen molar-refractivity contribution >= 4 is 6.08 Å². The third kappa shape index (κ3) is 3.39. The van der Waals surface area contributed by atoms with E-state index in [-0.39, 0.29) is 0 Å². The van der Waals surface area contributed by atoms with Gasteiger partial charge in [0.1, 0.15) is 0 Å². The van der Waals surface area contributed by atoms with E-state index in [2.05, 4.69) is 17.1 Å². The zero-order valence-electron chi connectivity index (χ0n) is 7.46. The van der Waals surface area contributed by atoms with Crippen LogP contribution in [0.4, 0.5) is 0 Å². The van der Waals surface area contributed by atoms with Crippen LogP contribution in [0.5, 0.6) is 0 Å². The zero-order valence-corrected chi connectivity index (χ0v) is 7.46. The summed E-state index contributed by atoms with van der Waals surface area (Å²) in [5.41, 5.74) is 6.83. The number of nitrogens with one attached hydrogen (secondary N) is 1. The molecular weight excluding hydrogens is 148 g/mol. The summed E-state index contributed by atoms with van der Waals surface area (Å²) in [6.07, 6.45) is 10.3. The highest BCUT2D eigenvalue weighted by Crippen LogP contribution is 2.02. The number of H-pyrrole nitrogens is 1. The van der Waals surface area contributed by atoms with Gasteiger partial charge in [0.25, 0.3) is 0 Å². The Morgan fingerprint density at radius 1 is 1.67 bits per heavy atom. The molecule has 0 aliphatic carbocycles. The van der Waals surface area contributed by atoms with Crippen LogP contribution in [-0.2, 0) is 0 Å². The quantitative estimate of drug-likeness (QED) is 0.703. The van der Waals surface area contributed by atoms with Crippen molar-refractivity contribution in [2.75, 3.05) is 0 Å². The Bertz CT molecular complexity index is 222. The Morgan fingerprint density at radius 3 is 3.08 bits per heavy atom. The van der Waals surface area contributed by atoms with Gasteiger partial charge in [-0.15, -0.1) is 0 Å². The van der Waals surface area contributed by atoms with E-state index in [4.69, 9.17) is 5.73 Å². The van der Waals surface area contributed by atoms with E-state index >= 15 is 0 Å². The zero-order chi connectivity index (χ0) is 8.81. The molecule has 1 rings (SSSR count). The summed E-state index contributed by atoms with van der Waals surface area (Å²) < 4.78 is 0. The molecule has 0 aromatic carbocycles. The Labute approximate surface area is 73.5 Å². The fraction of sp³-hybridized carbons (Fsp3) is 0.400. The molecule has 0 saturated carbocycles. The Hall–Kier alpha value is -1.02. The van der Waals surface area contributed by atoms with Gasteiger partial charge in [-0.05, 0) is 31.4 Å². The number of aromatic nitrogens is 1. The average molecular weight is 164 g/mol. The molecule has 0 spiro atoms. The number of hydrogen-bond donors (Lipinski definition) is 2. The summed E-state index contributed by atoms with van der Waals surface area (Å²) in [5, 5.41) is 0. The van der Waals surface area contributed by atoms with E-state index in [1.54, 1.807) is 0 Å². The first-order chi connectivity index (χ1) is 5.79. The van der Waals surface area contributed by atoms with Crippen molar-refractivity contribution in [1.29, 1.82) is 0 Å². The largest absolute Gasteiger partial charge is 0.367 e. The van der Waals surface area contributed by atoms with Crippen molar-refractivity contribution in [2.45, 2.75) is 25.8 Å². The molecule has 1 atom stereocenters. The van der Waals surface area contributed by atoms with E-state index in [1.165, 1.54) is 5.56 Å². The van der Waals surface area contributed by atoms with Crippen LogP contribution in [0.3, 0.4) is 0 Å². The van der Waals surface area contributed by atoms with Crippen molar-refractivity contribution in [3.8, 4) is 0 Å². The number of nitrogens with two attached hydrogens (primary N) is 1. The van der Waals surface area contributed by atoms with Crippen molar-refractivity contribution in [1.82, 2.24) is 4.98 Å². The molecule has 2 heteroatoms. The second-order valence-electron chi connectivity index (χ2n) is 3.10. The Balaban J connectivity index is 2.23. The van der Waals surface area contributed by atoms with Gasteiger partial charge in [0.2, 0.25) is 0 Å². The maximum absolute atomic E-state index is 5.61. The molecule has 1 aromatic rings. The maximum atomic E-state index is 5.61. The lowest BCUT2D eigenvalue weighted by Gasteiger charge is -1.98. The summed E-state index contributed by atoms with van der Waals surface area (Å²) in [4.78, 5) is 3.00. The van der Waals surface area contributed by atoms with Gasteiger partial charge in [-0.2, -0.15) is 0 Å². The first-order valence-electron chi connectivity index (χ1n) is 4.34. The van der Waals surface area contributed by atoms with Crippen LogP contribution in [0.25, 0.3) is 6.08 Å². The van der Waals surface area contributed by atoms with Crippen LogP contribution in [0.2, 0.25) is 0 Å². The van der Waals surface area contributed by atoms with Crippen LogP contribution < -0.4 is 5.73 Å².